The highest BCUT2D eigenvalue weighted by molar-refractivity contribution is 8.18. The molecule has 0 unspecified atom stereocenters. The minimum atomic E-state index is -0.544. The lowest BCUT2D eigenvalue weighted by molar-refractivity contribution is -0.127. The zero-order valence-corrected chi connectivity index (χ0v) is 22.1. The van der Waals surface area contributed by atoms with Gasteiger partial charge in [-0.15, -0.1) is 0 Å². The van der Waals surface area contributed by atoms with Crippen molar-refractivity contribution in [1.82, 2.24) is 4.90 Å². The van der Waals surface area contributed by atoms with Gasteiger partial charge >= 0.3 is 0 Å². The van der Waals surface area contributed by atoms with Crippen LogP contribution >= 0.6 is 23.4 Å². The van der Waals surface area contributed by atoms with Gasteiger partial charge in [0.15, 0.2) is 11.5 Å². The number of aryl methyl sites for hydroxylation is 2. The zero-order chi connectivity index (χ0) is 26.5. The van der Waals surface area contributed by atoms with Crippen LogP contribution in [0.3, 0.4) is 0 Å². The maximum absolute atomic E-state index is 13.0. The number of nitrogens with one attached hydrogen (secondary N) is 1. The Labute approximate surface area is 224 Å². The van der Waals surface area contributed by atoms with Crippen LogP contribution < -0.4 is 14.8 Å². The number of benzene rings is 3. The molecule has 0 saturated carbocycles. The summed E-state index contributed by atoms with van der Waals surface area (Å²) in [4.78, 5) is 39.4. The van der Waals surface area contributed by atoms with Gasteiger partial charge in [-0.25, -0.2) is 0 Å². The number of methoxy groups -OCH3 is 1. The lowest BCUT2D eigenvalue weighted by Crippen LogP contribution is -2.36. The van der Waals surface area contributed by atoms with Crippen LogP contribution in [0.4, 0.5) is 10.5 Å². The molecular formula is C28H25ClN2O5S. The number of carbonyl (C=O) groups is 3. The van der Waals surface area contributed by atoms with E-state index in [9.17, 15) is 14.4 Å². The summed E-state index contributed by atoms with van der Waals surface area (Å²) in [5, 5.41) is 2.87. The summed E-state index contributed by atoms with van der Waals surface area (Å²) in [5.74, 6) is -0.0898. The molecule has 0 spiro atoms. The van der Waals surface area contributed by atoms with Crippen molar-refractivity contribution in [3.05, 3.63) is 92.8 Å². The minimum Gasteiger partial charge on any atom is -0.493 e. The van der Waals surface area contributed by atoms with E-state index < -0.39 is 17.1 Å². The second-order valence-corrected chi connectivity index (χ2v) is 9.92. The van der Waals surface area contributed by atoms with Crippen LogP contribution in [0.15, 0.2) is 65.6 Å². The van der Waals surface area contributed by atoms with E-state index >= 15 is 0 Å². The Morgan fingerprint density at radius 2 is 1.76 bits per heavy atom. The van der Waals surface area contributed by atoms with Crippen molar-refractivity contribution in [3.8, 4) is 11.5 Å². The molecule has 7 nitrogen and oxygen atoms in total. The molecule has 1 aliphatic heterocycles. The lowest BCUT2D eigenvalue weighted by Gasteiger charge is -2.14. The summed E-state index contributed by atoms with van der Waals surface area (Å²) in [6, 6.07) is 18.2. The minimum absolute atomic E-state index is 0.189. The molecular weight excluding hydrogens is 512 g/mol. The average Bonchev–Trinajstić information content (AvgIpc) is 3.10. The van der Waals surface area contributed by atoms with Crippen LogP contribution in [0, 0.1) is 13.8 Å². The fraction of sp³-hybridized carbons (Fsp3) is 0.179. The monoisotopic (exact) mass is 536 g/mol. The molecule has 0 aromatic heterocycles. The number of carbonyl (C=O) groups excluding carboxylic acids is 3. The van der Waals surface area contributed by atoms with Crippen LogP contribution in [-0.4, -0.2) is 35.6 Å². The van der Waals surface area contributed by atoms with Gasteiger partial charge in [0.05, 0.1) is 12.0 Å². The number of thioether (sulfide) groups is 1. The zero-order valence-electron chi connectivity index (χ0n) is 20.5. The van der Waals surface area contributed by atoms with E-state index in [0.29, 0.717) is 27.8 Å². The van der Waals surface area contributed by atoms with E-state index in [1.54, 1.807) is 36.4 Å². The van der Waals surface area contributed by atoms with Crippen molar-refractivity contribution in [2.45, 2.75) is 20.5 Å². The first kappa shape index (κ1) is 26.3. The van der Waals surface area contributed by atoms with Crippen molar-refractivity contribution in [3.63, 3.8) is 0 Å². The number of imide groups is 1. The van der Waals surface area contributed by atoms with Crippen LogP contribution in [-0.2, 0) is 16.2 Å². The summed E-state index contributed by atoms with van der Waals surface area (Å²) in [6.07, 6.45) is 1.58. The molecule has 1 fully saturated rings. The van der Waals surface area contributed by atoms with Crippen molar-refractivity contribution in [2.24, 2.45) is 0 Å². The topological polar surface area (TPSA) is 84.9 Å². The Morgan fingerprint density at radius 1 is 1.05 bits per heavy atom. The smallest absolute Gasteiger partial charge is 0.294 e. The first-order valence-electron chi connectivity index (χ1n) is 11.4. The summed E-state index contributed by atoms with van der Waals surface area (Å²) in [6.45, 7) is 3.72. The summed E-state index contributed by atoms with van der Waals surface area (Å²) >= 11 is 6.73. The number of hydrogen-bond donors (Lipinski definition) is 1. The van der Waals surface area contributed by atoms with Gasteiger partial charge in [0.2, 0.25) is 5.91 Å². The van der Waals surface area contributed by atoms with Crippen LogP contribution in [0.5, 0.6) is 11.5 Å². The van der Waals surface area contributed by atoms with Gasteiger partial charge in [-0.3, -0.25) is 19.3 Å². The van der Waals surface area contributed by atoms with E-state index in [-0.39, 0.29) is 18.1 Å². The predicted molar refractivity (Wildman–Crippen MR) is 146 cm³/mol. The largest absolute Gasteiger partial charge is 0.493 e. The molecule has 1 saturated heterocycles. The molecule has 37 heavy (non-hydrogen) atoms. The van der Waals surface area contributed by atoms with Gasteiger partial charge in [0.1, 0.15) is 13.2 Å². The van der Waals surface area contributed by atoms with Crippen molar-refractivity contribution in [1.29, 1.82) is 0 Å². The maximum Gasteiger partial charge on any atom is 0.294 e. The normalized spacial score (nSPS) is 14.3. The van der Waals surface area contributed by atoms with E-state index in [1.807, 2.05) is 44.2 Å². The van der Waals surface area contributed by atoms with Crippen molar-refractivity contribution in [2.75, 3.05) is 19.0 Å². The molecule has 0 bridgehead atoms. The van der Waals surface area contributed by atoms with Gasteiger partial charge in [-0.1, -0.05) is 41.9 Å². The Bertz CT molecular complexity index is 1370. The maximum atomic E-state index is 13.0. The number of anilines is 1. The molecule has 3 amide bonds. The third-order valence-electron chi connectivity index (χ3n) is 5.49. The fourth-order valence-electron chi connectivity index (χ4n) is 3.87. The van der Waals surface area contributed by atoms with E-state index in [0.717, 1.165) is 33.4 Å². The number of para-hydroxylation sites is 1. The van der Waals surface area contributed by atoms with Gasteiger partial charge in [-0.2, -0.15) is 0 Å². The molecule has 0 radical (unpaired) electrons. The SMILES string of the molecule is COc1cccc(/C=C2/SC(=O)N(CC(=O)Nc3cc(C)cc(C)c3)C2=O)c1OCc1ccc(Cl)cc1. The molecule has 190 valence electrons. The number of rotatable bonds is 8. The number of halogens is 1. The van der Waals surface area contributed by atoms with E-state index in [2.05, 4.69) is 5.32 Å². The van der Waals surface area contributed by atoms with E-state index in [4.69, 9.17) is 21.1 Å². The van der Waals surface area contributed by atoms with Crippen LogP contribution in [0.2, 0.25) is 5.02 Å². The highest BCUT2D eigenvalue weighted by Gasteiger charge is 2.36. The average molecular weight is 537 g/mol. The summed E-state index contributed by atoms with van der Waals surface area (Å²) in [7, 11) is 1.52. The van der Waals surface area contributed by atoms with Gasteiger partial charge < -0.3 is 14.8 Å². The first-order chi connectivity index (χ1) is 17.7. The molecule has 1 N–H and O–H groups in total. The Balaban J connectivity index is 1.51. The van der Waals surface area contributed by atoms with Crippen molar-refractivity contribution < 1.29 is 23.9 Å². The molecule has 4 rings (SSSR count). The Morgan fingerprint density at radius 3 is 2.43 bits per heavy atom. The fourth-order valence-corrected chi connectivity index (χ4v) is 4.82. The summed E-state index contributed by atoms with van der Waals surface area (Å²) in [5.41, 5.74) is 4.08. The molecule has 9 heteroatoms. The number of amides is 3. The molecule has 1 aliphatic rings. The molecule has 0 atom stereocenters. The highest BCUT2D eigenvalue weighted by Crippen LogP contribution is 2.37. The number of nitrogens with zero attached hydrogens (tertiary/aromatic N) is 1. The highest BCUT2D eigenvalue weighted by atomic mass is 35.5. The van der Waals surface area contributed by atoms with Gasteiger partial charge in [0, 0.05) is 16.3 Å². The molecule has 3 aromatic rings. The third-order valence-corrected chi connectivity index (χ3v) is 6.65. The molecule has 3 aromatic carbocycles. The number of hydrogen-bond acceptors (Lipinski definition) is 6. The van der Waals surface area contributed by atoms with Crippen LogP contribution in [0.1, 0.15) is 22.3 Å². The van der Waals surface area contributed by atoms with Crippen LogP contribution in [0.25, 0.3) is 6.08 Å². The Kier molecular flexibility index (Phi) is 8.21. The van der Waals surface area contributed by atoms with Crippen molar-refractivity contribution >= 4 is 52.2 Å². The standard InChI is InChI=1S/C28H25ClN2O5S/c1-17-11-18(2)13-22(12-17)30-25(32)15-31-27(33)24(37-28(31)34)14-20-5-4-6-23(35-3)26(20)36-16-19-7-9-21(29)10-8-19/h4-14H,15-16H2,1-3H3,(H,30,32)/b24-14+. The second kappa shape index (κ2) is 11.5. The van der Waals surface area contributed by atoms with E-state index in [1.165, 1.54) is 7.11 Å². The second-order valence-electron chi connectivity index (χ2n) is 8.49. The quantitative estimate of drug-likeness (QED) is 0.344. The molecule has 1 heterocycles. The lowest BCUT2D eigenvalue weighted by atomic mass is 10.1. The predicted octanol–water partition coefficient (Wildman–Crippen LogP) is 6.22. The number of ether oxygens (including phenoxy) is 2. The summed E-state index contributed by atoms with van der Waals surface area (Å²) < 4.78 is 11.5. The Hall–Kier alpha value is -3.75. The van der Waals surface area contributed by atoms with Gasteiger partial charge in [0.25, 0.3) is 11.1 Å². The van der Waals surface area contributed by atoms with Gasteiger partial charge in [-0.05, 0) is 78.7 Å². The molecule has 0 aliphatic carbocycles. The third kappa shape index (κ3) is 6.53. The first-order valence-corrected chi connectivity index (χ1v) is 12.6.